The Morgan fingerprint density at radius 2 is 1.62 bits per heavy atom. The maximum Gasteiger partial charge on any atom is 0.339 e. The Balaban J connectivity index is 1.98. The fraction of sp³-hybridized carbons (Fsp3) is 0.105. The van der Waals surface area contributed by atoms with E-state index in [0.717, 1.165) is 21.9 Å². The Morgan fingerprint density at radius 3 is 2.38 bits per heavy atom. The Labute approximate surface area is 123 Å². The Morgan fingerprint density at radius 1 is 0.905 bits per heavy atom. The quantitative estimate of drug-likeness (QED) is 0.614. The summed E-state index contributed by atoms with van der Waals surface area (Å²) < 4.78 is 5.69. The van der Waals surface area contributed by atoms with Crippen LogP contribution in [0.3, 0.4) is 0 Å². The van der Waals surface area contributed by atoms with E-state index in [9.17, 15) is 4.79 Å². The van der Waals surface area contributed by atoms with Crippen LogP contribution in [0.2, 0.25) is 0 Å². The van der Waals surface area contributed by atoms with E-state index < -0.39 is 0 Å². The van der Waals surface area contributed by atoms with Crippen molar-refractivity contribution in [3.05, 3.63) is 82.9 Å². The molecule has 0 aliphatic carbocycles. The normalized spacial score (nSPS) is 16.8. The molecular weight excluding hydrogens is 260 g/mol. The van der Waals surface area contributed by atoms with Crippen molar-refractivity contribution in [3.8, 4) is 0 Å². The number of ether oxygens (including phenoxy) is 1. The first kappa shape index (κ1) is 12.2. The van der Waals surface area contributed by atoms with Crippen molar-refractivity contribution in [3.63, 3.8) is 0 Å². The van der Waals surface area contributed by atoms with Gasteiger partial charge in [-0.1, -0.05) is 60.2 Å². The predicted octanol–water partition coefficient (Wildman–Crippen LogP) is 4.41. The third kappa shape index (κ3) is 1.83. The molecular formula is C19H14O2. The van der Waals surface area contributed by atoms with Crippen molar-refractivity contribution >= 4 is 16.7 Å². The largest absolute Gasteiger partial charge is 0.449 e. The molecule has 3 aromatic rings. The van der Waals surface area contributed by atoms with Crippen LogP contribution in [0.5, 0.6) is 0 Å². The van der Waals surface area contributed by atoms with Gasteiger partial charge in [0.25, 0.3) is 0 Å². The van der Waals surface area contributed by atoms with Crippen molar-refractivity contribution in [1.29, 1.82) is 0 Å². The van der Waals surface area contributed by atoms with Gasteiger partial charge in [0.15, 0.2) is 6.10 Å². The van der Waals surface area contributed by atoms with Crippen molar-refractivity contribution in [2.45, 2.75) is 13.0 Å². The minimum absolute atomic E-state index is 0.245. The van der Waals surface area contributed by atoms with E-state index in [1.165, 1.54) is 5.56 Å². The van der Waals surface area contributed by atoms with Crippen LogP contribution in [0.25, 0.3) is 10.8 Å². The number of carbonyl (C=O) groups excluding carboxylic acids is 1. The monoisotopic (exact) mass is 274 g/mol. The summed E-state index contributed by atoms with van der Waals surface area (Å²) in [5.74, 6) is -0.245. The van der Waals surface area contributed by atoms with E-state index in [-0.39, 0.29) is 12.1 Å². The molecule has 0 fully saturated rings. The van der Waals surface area contributed by atoms with Gasteiger partial charge in [0.05, 0.1) is 5.56 Å². The molecule has 1 unspecified atom stereocenters. The van der Waals surface area contributed by atoms with Gasteiger partial charge in [-0.25, -0.2) is 4.79 Å². The Hall–Kier alpha value is -2.61. The SMILES string of the molecule is Cc1ccc(C2OC(=O)c3cccc4cccc2c34)cc1. The molecule has 1 atom stereocenters. The molecule has 102 valence electrons. The summed E-state index contributed by atoms with van der Waals surface area (Å²) in [4.78, 5) is 12.3. The molecule has 3 aromatic carbocycles. The third-order valence-electron chi connectivity index (χ3n) is 4.04. The lowest BCUT2D eigenvalue weighted by Crippen LogP contribution is -2.19. The lowest BCUT2D eigenvalue weighted by molar-refractivity contribution is 0.0366. The Kier molecular flexibility index (Phi) is 2.58. The van der Waals surface area contributed by atoms with Gasteiger partial charge in [0, 0.05) is 10.9 Å². The minimum atomic E-state index is -0.323. The van der Waals surface area contributed by atoms with Crippen LogP contribution in [0, 0.1) is 6.92 Å². The zero-order chi connectivity index (χ0) is 14.4. The van der Waals surface area contributed by atoms with E-state index in [4.69, 9.17) is 4.74 Å². The third-order valence-corrected chi connectivity index (χ3v) is 4.04. The van der Waals surface area contributed by atoms with Gasteiger partial charge in [-0.3, -0.25) is 0 Å². The van der Waals surface area contributed by atoms with Gasteiger partial charge in [0.1, 0.15) is 0 Å². The number of carbonyl (C=O) groups is 1. The fourth-order valence-electron chi connectivity index (χ4n) is 2.98. The highest BCUT2D eigenvalue weighted by atomic mass is 16.5. The molecule has 0 bridgehead atoms. The number of rotatable bonds is 1. The molecule has 0 aromatic heterocycles. The average Bonchev–Trinajstić information content (AvgIpc) is 2.52. The lowest BCUT2D eigenvalue weighted by Gasteiger charge is -2.26. The average molecular weight is 274 g/mol. The van der Waals surface area contributed by atoms with Gasteiger partial charge >= 0.3 is 5.97 Å². The van der Waals surface area contributed by atoms with E-state index in [1.54, 1.807) is 0 Å². The van der Waals surface area contributed by atoms with Crippen LogP contribution in [-0.2, 0) is 4.74 Å². The molecule has 1 heterocycles. The summed E-state index contributed by atoms with van der Waals surface area (Å²) in [6, 6.07) is 20.0. The maximum atomic E-state index is 12.3. The number of cyclic esters (lactones) is 1. The number of esters is 1. The van der Waals surface area contributed by atoms with E-state index in [1.807, 2.05) is 67.6 Å². The van der Waals surface area contributed by atoms with Gasteiger partial charge in [0.2, 0.25) is 0 Å². The standard InChI is InChI=1S/C19H14O2/c1-12-8-10-14(11-9-12)18-15-6-2-4-13-5-3-7-16(17(13)15)19(20)21-18/h2-11,18H,1H3. The first-order valence-corrected chi connectivity index (χ1v) is 7.03. The predicted molar refractivity (Wildman–Crippen MR) is 82.4 cm³/mol. The maximum absolute atomic E-state index is 12.3. The molecule has 2 heteroatoms. The molecule has 1 aliphatic heterocycles. The second kappa shape index (κ2) is 4.45. The molecule has 0 spiro atoms. The summed E-state index contributed by atoms with van der Waals surface area (Å²) in [6.45, 7) is 2.05. The van der Waals surface area contributed by atoms with Crippen LogP contribution in [0.15, 0.2) is 60.7 Å². The molecule has 1 aliphatic rings. The minimum Gasteiger partial charge on any atom is -0.449 e. The van der Waals surface area contributed by atoms with E-state index >= 15 is 0 Å². The first-order valence-electron chi connectivity index (χ1n) is 7.03. The van der Waals surface area contributed by atoms with Gasteiger partial charge in [-0.2, -0.15) is 0 Å². The van der Waals surface area contributed by atoms with Crippen molar-refractivity contribution in [2.24, 2.45) is 0 Å². The zero-order valence-corrected chi connectivity index (χ0v) is 11.7. The van der Waals surface area contributed by atoms with Gasteiger partial charge < -0.3 is 4.74 Å². The van der Waals surface area contributed by atoms with E-state index in [0.29, 0.717) is 5.56 Å². The molecule has 21 heavy (non-hydrogen) atoms. The number of aryl methyl sites for hydroxylation is 1. The van der Waals surface area contributed by atoms with Crippen LogP contribution in [0.1, 0.15) is 33.2 Å². The van der Waals surface area contributed by atoms with Crippen molar-refractivity contribution in [1.82, 2.24) is 0 Å². The smallest absolute Gasteiger partial charge is 0.339 e. The number of hydrogen-bond donors (Lipinski definition) is 0. The molecule has 2 nitrogen and oxygen atoms in total. The molecule has 0 saturated heterocycles. The van der Waals surface area contributed by atoms with Crippen LogP contribution in [-0.4, -0.2) is 5.97 Å². The highest BCUT2D eigenvalue weighted by Gasteiger charge is 2.29. The molecule has 0 radical (unpaired) electrons. The van der Waals surface area contributed by atoms with E-state index in [2.05, 4.69) is 0 Å². The fourth-order valence-corrected chi connectivity index (χ4v) is 2.98. The molecule has 0 N–H and O–H groups in total. The molecule has 4 rings (SSSR count). The van der Waals surface area contributed by atoms with Crippen LogP contribution >= 0.6 is 0 Å². The second-order valence-electron chi connectivity index (χ2n) is 5.45. The molecule has 0 saturated carbocycles. The first-order chi connectivity index (χ1) is 10.2. The lowest BCUT2D eigenvalue weighted by atomic mass is 9.90. The highest BCUT2D eigenvalue weighted by molar-refractivity contribution is 6.08. The second-order valence-corrected chi connectivity index (χ2v) is 5.45. The highest BCUT2D eigenvalue weighted by Crippen LogP contribution is 2.38. The van der Waals surface area contributed by atoms with Crippen LogP contribution < -0.4 is 0 Å². The number of benzene rings is 3. The molecule has 0 amide bonds. The Bertz CT molecular complexity index is 842. The summed E-state index contributed by atoms with van der Waals surface area (Å²) in [7, 11) is 0. The summed E-state index contributed by atoms with van der Waals surface area (Å²) in [6.07, 6.45) is -0.323. The van der Waals surface area contributed by atoms with Crippen molar-refractivity contribution < 1.29 is 9.53 Å². The van der Waals surface area contributed by atoms with Crippen molar-refractivity contribution in [2.75, 3.05) is 0 Å². The summed E-state index contributed by atoms with van der Waals surface area (Å²) in [5.41, 5.74) is 3.92. The summed E-state index contributed by atoms with van der Waals surface area (Å²) >= 11 is 0. The topological polar surface area (TPSA) is 26.3 Å². The number of hydrogen-bond acceptors (Lipinski definition) is 2. The summed E-state index contributed by atoms with van der Waals surface area (Å²) in [5, 5.41) is 2.10. The van der Waals surface area contributed by atoms with Gasteiger partial charge in [-0.05, 0) is 23.9 Å². The van der Waals surface area contributed by atoms with Gasteiger partial charge in [-0.15, -0.1) is 0 Å². The zero-order valence-electron chi connectivity index (χ0n) is 11.7. The van der Waals surface area contributed by atoms with Crippen LogP contribution in [0.4, 0.5) is 0 Å².